The smallest absolute Gasteiger partial charge is 0.358 e. The Labute approximate surface area is 88.5 Å². The number of carbonyl (C=O) groups is 1. The van der Waals surface area contributed by atoms with Crippen LogP contribution in [0.15, 0.2) is 11.0 Å². The van der Waals surface area contributed by atoms with Gasteiger partial charge in [0.05, 0.1) is 13.3 Å². The van der Waals surface area contributed by atoms with E-state index in [9.17, 15) is 9.59 Å². The maximum Gasteiger partial charge on any atom is 0.358 e. The molecule has 0 atom stereocenters. The van der Waals surface area contributed by atoms with Gasteiger partial charge in [-0.25, -0.2) is 14.8 Å². The number of carbonyl (C=O) groups excluding carboxylic acids is 1. The first-order chi connectivity index (χ1) is 7.61. The number of hydrogen-bond donors (Lipinski definition) is 2. The average Bonchev–Trinajstić information content (AvgIpc) is 2.27. The molecule has 0 bridgehead atoms. The van der Waals surface area contributed by atoms with Crippen LogP contribution in [0.1, 0.15) is 10.5 Å². The number of anilines is 1. The van der Waals surface area contributed by atoms with Crippen LogP contribution >= 0.6 is 0 Å². The van der Waals surface area contributed by atoms with Crippen LogP contribution in [0, 0.1) is 0 Å². The van der Waals surface area contributed by atoms with E-state index in [1.807, 2.05) is 0 Å². The van der Waals surface area contributed by atoms with Gasteiger partial charge >= 0.3 is 5.97 Å². The summed E-state index contributed by atoms with van der Waals surface area (Å²) in [6, 6.07) is 0. The van der Waals surface area contributed by atoms with Crippen LogP contribution < -0.4 is 11.3 Å². The predicted octanol–water partition coefficient (Wildman–Crippen LogP) is -0.918. The normalized spacial score (nSPS) is 10.3. The van der Waals surface area contributed by atoms with Crippen LogP contribution in [-0.4, -0.2) is 33.0 Å². The summed E-state index contributed by atoms with van der Waals surface area (Å²) in [6.45, 7) is 0. The number of aromatic nitrogens is 4. The minimum Gasteiger partial charge on any atom is -0.464 e. The molecular weight excluding hydrogens is 214 g/mol. The number of methoxy groups -OCH3 is 1. The van der Waals surface area contributed by atoms with Crippen molar-refractivity contribution in [2.24, 2.45) is 0 Å². The highest BCUT2D eigenvalue weighted by molar-refractivity contribution is 5.88. The zero-order chi connectivity index (χ0) is 11.7. The van der Waals surface area contributed by atoms with Crippen molar-refractivity contribution < 1.29 is 9.53 Å². The standard InChI is InChI=1S/C8H7N5O3/c1-16-7(15)3-2-10-5-4(11-3)6(14)13-8(9)12-5/h2H,1H3,(H3,9,10,12,13,14). The number of nitrogen functional groups attached to an aromatic ring is 1. The molecule has 82 valence electrons. The highest BCUT2D eigenvalue weighted by Gasteiger charge is 2.11. The van der Waals surface area contributed by atoms with E-state index in [1.54, 1.807) is 0 Å². The number of rotatable bonds is 1. The average molecular weight is 221 g/mol. The molecule has 0 radical (unpaired) electrons. The number of fused-ring (bicyclic) bond motifs is 1. The van der Waals surface area contributed by atoms with Crippen molar-refractivity contribution in [2.45, 2.75) is 0 Å². The number of nitrogens with zero attached hydrogens (tertiary/aromatic N) is 3. The molecule has 0 unspecified atom stereocenters. The maximum absolute atomic E-state index is 11.4. The fraction of sp³-hybridized carbons (Fsp3) is 0.125. The molecule has 2 rings (SSSR count). The van der Waals surface area contributed by atoms with Crippen LogP contribution in [0.25, 0.3) is 11.2 Å². The van der Waals surface area contributed by atoms with Crippen molar-refractivity contribution in [3.05, 3.63) is 22.2 Å². The lowest BCUT2D eigenvalue weighted by Crippen LogP contribution is -2.15. The second-order valence-corrected chi connectivity index (χ2v) is 2.87. The first-order valence-electron chi connectivity index (χ1n) is 4.22. The van der Waals surface area contributed by atoms with Crippen LogP contribution in [0.3, 0.4) is 0 Å². The number of H-pyrrole nitrogens is 1. The molecule has 0 saturated heterocycles. The quantitative estimate of drug-likeness (QED) is 0.596. The summed E-state index contributed by atoms with van der Waals surface area (Å²) in [4.78, 5) is 36.2. The monoisotopic (exact) mass is 221 g/mol. The van der Waals surface area contributed by atoms with Crippen LogP contribution in [0.5, 0.6) is 0 Å². The van der Waals surface area contributed by atoms with E-state index in [-0.39, 0.29) is 22.8 Å². The third-order valence-electron chi connectivity index (χ3n) is 1.83. The Morgan fingerprint density at radius 3 is 2.94 bits per heavy atom. The molecule has 0 spiro atoms. The van der Waals surface area contributed by atoms with E-state index in [1.165, 1.54) is 13.3 Å². The molecule has 2 aromatic heterocycles. The highest BCUT2D eigenvalue weighted by atomic mass is 16.5. The first-order valence-corrected chi connectivity index (χ1v) is 4.22. The molecule has 16 heavy (non-hydrogen) atoms. The topological polar surface area (TPSA) is 124 Å². The van der Waals surface area contributed by atoms with Crippen molar-refractivity contribution >= 4 is 23.1 Å². The van der Waals surface area contributed by atoms with E-state index in [0.717, 1.165) is 0 Å². The molecule has 8 nitrogen and oxygen atoms in total. The van der Waals surface area contributed by atoms with Gasteiger partial charge in [0.15, 0.2) is 16.9 Å². The Morgan fingerprint density at radius 2 is 2.25 bits per heavy atom. The molecular formula is C8H7N5O3. The summed E-state index contributed by atoms with van der Waals surface area (Å²) in [5, 5.41) is 0. The van der Waals surface area contributed by atoms with Gasteiger partial charge in [-0.15, -0.1) is 0 Å². The first kappa shape index (κ1) is 10.0. The molecule has 0 aliphatic heterocycles. The summed E-state index contributed by atoms with van der Waals surface area (Å²) in [5.41, 5.74) is 4.72. The van der Waals surface area contributed by atoms with Crippen molar-refractivity contribution in [1.82, 2.24) is 19.9 Å². The van der Waals surface area contributed by atoms with Crippen molar-refractivity contribution in [3.8, 4) is 0 Å². The molecule has 0 fully saturated rings. The molecule has 3 N–H and O–H groups in total. The second kappa shape index (κ2) is 3.57. The molecule has 0 aromatic carbocycles. The fourth-order valence-electron chi connectivity index (χ4n) is 1.14. The van der Waals surface area contributed by atoms with Gasteiger partial charge < -0.3 is 10.5 Å². The number of nitrogens with one attached hydrogen (secondary N) is 1. The summed E-state index contributed by atoms with van der Waals surface area (Å²) < 4.78 is 4.45. The van der Waals surface area contributed by atoms with Crippen molar-refractivity contribution in [1.29, 1.82) is 0 Å². The van der Waals surface area contributed by atoms with E-state index in [0.29, 0.717) is 0 Å². The minimum absolute atomic E-state index is 0.0578. The lowest BCUT2D eigenvalue weighted by atomic mass is 10.4. The Hall–Kier alpha value is -2.51. The highest BCUT2D eigenvalue weighted by Crippen LogP contribution is 2.03. The van der Waals surface area contributed by atoms with Gasteiger partial charge in [0, 0.05) is 0 Å². The van der Waals surface area contributed by atoms with E-state index in [4.69, 9.17) is 5.73 Å². The molecule has 0 amide bonds. The summed E-state index contributed by atoms with van der Waals surface area (Å²) in [6.07, 6.45) is 1.17. The molecule has 2 heterocycles. The maximum atomic E-state index is 11.4. The van der Waals surface area contributed by atoms with E-state index in [2.05, 4.69) is 24.7 Å². The van der Waals surface area contributed by atoms with Gasteiger partial charge in [0.2, 0.25) is 5.95 Å². The van der Waals surface area contributed by atoms with Crippen LogP contribution in [0.4, 0.5) is 5.95 Å². The predicted molar refractivity (Wildman–Crippen MR) is 53.7 cm³/mol. The summed E-state index contributed by atoms with van der Waals surface area (Å²) in [7, 11) is 1.21. The summed E-state index contributed by atoms with van der Waals surface area (Å²) in [5.74, 6) is -0.733. The fourth-order valence-corrected chi connectivity index (χ4v) is 1.14. The minimum atomic E-state index is -0.675. The van der Waals surface area contributed by atoms with Gasteiger partial charge in [-0.05, 0) is 0 Å². The number of esters is 1. The largest absolute Gasteiger partial charge is 0.464 e. The Bertz CT molecular complexity index is 621. The van der Waals surface area contributed by atoms with Gasteiger partial charge in [-0.2, -0.15) is 4.98 Å². The SMILES string of the molecule is COC(=O)c1cnc2nc(N)[nH]c(=O)c2n1. The molecule has 0 aliphatic rings. The zero-order valence-corrected chi connectivity index (χ0v) is 8.22. The third kappa shape index (κ3) is 1.56. The lowest BCUT2D eigenvalue weighted by molar-refractivity contribution is 0.0594. The van der Waals surface area contributed by atoms with Gasteiger partial charge in [0.25, 0.3) is 5.56 Å². The zero-order valence-electron chi connectivity index (χ0n) is 8.22. The summed E-state index contributed by atoms with van der Waals surface area (Å²) >= 11 is 0. The van der Waals surface area contributed by atoms with Crippen molar-refractivity contribution in [3.63, 3.8) is 0 Å². The molecule has 0 saturated carbocycles. The van der Waals surface area contributed by atoms with Gasteiger partial charge in [-0.3, -0.25) is 9.78 Å². The van der Waals surface area contributed by atoms with E-state index >= 15 is 0 Å². The van der Waals surface area contributed by atoms with Crippen molar-refractivity contribution in [2.75, 3.05) is 12.8 Å². The third-order valence-corrected chi connectivity index (χ3v) is 1.83. The number of ether oxygens (including phenoxy) is 1. The number of aromatic amines is 1. The number of hydrogen-bond acceptors (Lipinski definition) is 7. The Morgan fingerprint density at radius 1 is 1.50 bits per heavy atom. The molecule has 2 aromatic rings. The number of nitrogens with two attached hydrogens (primary N) is 1. The second-order valence-electron chi connectivity index (χ2n) is 2.87. The Kier molecular flexibility index (Phi) is 2.24. The molecule has 0 aliphatic carbocycles. The van der Waals surface area contributed by atoms with E-state index < -0.39 is 11.5 Å². The van der Waals surface area contributed by atoms with Gasteiger partial charge in [0.1, 0.15) is 0 Å². The van der Waals surface area contributed by atoms with Gasteiger partial charge in [-0.1, -0.05) is 0 Å². The molecule has 8 heteroatoms. The van der Waals surface area contributed by atoms with Crippen LogP contribution in [0.2, 0.25) is 0 Å². The Balaban J connectivity index is 2.71. The lowest BCUT2D eigenvalue weighted by Gasteiger charge is -1.99. The van der Waals surface area contributed by atoms with Crippen LogP contribution in [-0.2, 0) is 4.74 Å².